The summed E-state index contributed by atoms with van der Waals surface area (Å²) in [6, 6.07) is 3.88. The van der Waals surface area contributed by atoms with Crippen molar-refractivity contribution in [2.24, 2.45) is 4.99 Å². The van der Waals surface area contributed by atoms with Gasteiger partial charge in [-0.1, -0.05) is 0 Å². The predicted molar refractivity (Wildman–Crippen MR) is 97.9 cm³/mol. The second kappa shape index (κ2) is 10.1. The highest BCUT2D eigenvalue weighted by atomic mass is 32.1. The molecule has 0 amide bonds. The fraction of sp³-hybridized carbons (Fsp3) is 0.529. The van der Waals surface area contributed by atoms with Crippen molar-refractivity contribution in [2.75, 3.05) is 33.4 Å². The van der Waals surface area contributed by atoms with Crippen LogP contribution in [0.3, 0.4) is 0 Å². The second-order valence-electron chi connectivity index (χ2n) is 5.41. The molecule has 0 saturated carbocycles. The van der Waals surface area contributed by atoms with Crippen molar-refractivity contribution in [1.82, 2.24) is 15.6 Å². The fourth-order valence-corrected chi connectivity index (χ4v) is 3.05. The number of furan rings is 1. The summed E-state index contributed by atoms with van der Waals surface area (Å²) in [4.78, 5) is 10.4. The van der Waals surface area contributed by atoms with Crippen molar-refractivity contribution in [3.8, 4) is 0 Å². The first-order chi connectivity index (χ1) is 11.7. The molecule has 2 aromatic rings. The number of nitrogens with zero attached hydrogens (tertiary/aromatic N) is 2. The average Bonchev–Trinajstić information content (AvgIpc) is 3.18. The van der Waals surface area contributed by atoms with Crippen LogP contribution in [0.15, 0.2) is 27.8 Å². The zero-order valence-electron chi connectivity index (χ0n) is 14.6. The van der Waals surface area contributed by atoms with E-state index >= 15 is 0 Å². The van der Waals surface area contributed by atoms with E-state index in [0.29, 0.717) is 13.2 Å². The van der Waals surface area contributed by atoms with Crippen molar-refractivity contribution in [3.63, 3.8) is 0 Å². The predicted octanol–water partition coefficient (Wildman–Crippen LogP) is 2.32. The molecule has 0 bridgehead atoms. The zero-order valence-corrected chi connectivity index (χ0v) is 15.4. The van der Waals surface area contributed by atoms with Gasteiger partial charge in [0, 0.05) is 37.9 Å². The minimum Gasteiger partial charge on any atom is -0.469 e. The van der Waals surface area contributed by atoms with Gasteiger partial charge in [0.1, 0.15) is 5.76 Å². The van der Waals surface area contributed by atoms with Gasteiger partial charge in [-0.05, 0) is 26.0 Å². The minimum atomic E-state index is 0.607. The molecular formula is C17H26N4O2S. The number of hydrogen-bond donors (Lipinski definition) is 2. The SMILES string of the molecule is COCCN=C(NCCc1ccco1)NCCc1nc(C)c(C)s1. The lowest BCUT2D eigenvalue weighted by Crippen LogP contribution is -2.39. The third-order valence-corrected chi connectivity index (χ3v) is 4.65. The summed E-state index contributed by atoms with van der Waals surface area (Å²) >= 11 is 1.76. The number of ether oxygens (including phenoxy) is 1. The number of hydrogen-bond acceptors (Lipinski definition) is 5. The van der Waals surface area contributed by atoms with Crippen LogP contribution in [-0.4, -0.2) is 44.3 Å². The lowest BCUT2D eigenvalue weighted by Gasteiger charge is -2.11. The Morgan fingerprint density at radius 1 is 1.29 bits per heavy atom. The molecule has 0 aromatic carbocycles. The van der Waals surface area contributed by atoms with Crippen LogP contribution in [0.5, 0.6) is 0 Å². The van der Waals surface area contributed by atoms with Crippen molar-refractivity contribution in [2.45, 2.75) is 26.7 Å². The summed E-state index contributed by atoms with van der Waals surface area (Å²) in [7, 11) is 1.68. The smallest absolute Gasteiger partial charge is 0.191 e. The normalized spacial score (nSPS) is 11.7. The van der Waals surface area contributed by atoms with Crippen LogP contribution in [0.2, 0.25) is 0 Å². The van der Waals surface area contributed by atoms with E-state index in [-0.39, 0.29) is 0 Å². The molecule has 0 aliphatic carbocycles. The van der Waals surface area contributed by atoms with Crippen molar-refractivity contribution in [1.29, 1.82) is 0 Å². The highest BCUT2D eigenvalue weighted by Gasteiger charge is 2.05. The third kappa shape index (κ3) is 6.33. The van der Waals surface area contributed by atoms with E-state index in [0.717, 1.165) is 48.4 Å². The van der Waals surface area contributed by atoms with Crippen LogP contribution in [0.4, 0.5) is 0 Å². The van der Waals surface area contributed by atoms with E-state index in [9.17, 15) is 0 Å². The fourth-order valence-electron chi connectivity index (χ4n) is 2.12. The Kier molecular flexibility index (Phi) is 7.77. The van der Waals surface area contributed by atoms with Crippen LogP contribution >= 0.6 is 11.3 Å². The second-order valence-corrected chi connectivity index (χ2v) is 6.69. The molecule has 2 N–H and O–H groups in total. The summed E-state index contributed by atoms with van der Waals surface area (Å²) in [5.74, 6) is 1.76. The first-order valence-corrected chi connectivity index (χ1v) is 8.97. The summed E-state index contributed by atoms with van der Waals surface area (Å²) in [6.45, 7) is 6.96. The lowest BCUT2D eigenvalue weighted by atomic mass is 10.3. The maximum atomic E-state index is 5.34. The van der Waals surface area contributed by atoms with E-state index in [1.165, 1.54) is 4.88 Å². The van der Waals surface area contributed by atoms with Crippen LogP contribution in [-0.2, 0) is 17.6 Å². The quantitative estimate of drug-likeness (QED) is 0.413. The molecule has 0 saturated heterocycles. The van der Waals surface area contributed by atoms with E-state index in [1.54, 1.807) is 24.7 Å². The largest absolute Gasteiger partial charge is 0.469 e. The van der Waals surface area contributed by atoms with Crippen molar-refractivity contribution in [3.05, 3.63) is 39.7 Å². The summed E-state index contributed by atoms with van der Waals surface area (Å²) < 4.78 is 10.4. The van der Waals surface area contributed by atoms with E-state index in [4.69, 9.17) is 9.15 Å². The number of methoxy groups -OCH3 is 1. The number of guanidine groups is 1. The lowest BCUT2D eigenvalue weighted by molar-refractivity contribution is 0.208. The number of rotatable bonds is 9. The number of thiazole rings is 1. The van der Waals surface area contributed by atoms with Crippen molar-refractivity contribution < 1.29 is 9.15 Å². The minimum absolute atomic E-state index is 0.607. The molecule has 0 aliphatic heterocycles. The Bertz CT molecular complexity index is 603. The topological polar surface area (TPSA) is 71.7 Å². The molecule has 0 fully saturated rings. The first-order valence-electron chi connectivity index (χ1n) is 8.15. The molecule has 132 valence electrons. The molecule has 0 aliphatic rings. The van der Waals surface area contributed by atoms with Gasteiger partial charge in [0.25, 0.3) is 0 Å². The van der Waals surface area contributed by atoms with Gasteiger partial charge in [-0.25, -0.2) is 4.98 Å². The van der Waals surface area contributed by atoms with Gasteiger partial charge >= 0.3 is 0 Å². The third-order valence-electron chi connectivity index (χ3n) is 3.51. The van der Waals surface area contributed by atoms with Gasteiger partial charge in [0.15, 0.2) is 5.96 Å². The van der Waals surface area contributed by atoms with Gasteiger partial charge in [-0.2, -0.15) is 0 Å². The van der Waals surface area contributed by atoms with Crippen LogP contribution in [0.1, 0.15) is 21.3 Å². The average molecular weight is 350 g/mol. The van der Waals surface area contributed by atoms with Crippen LogP contribution < -0.4 is 10.6 Å². The van der Waals surface area contributed by atoms with Gasteiger partial charge in [-0.3, -0.25) is 4.99 Å². The summed E-state index contributed by atoms with van der Waals surface area (Å²) in [6.07, 6.45) is 3.41. The Labute approximate surface area is 147 Å². The maximum absolute atomic E-state index is 5.34. The van der Waals surface area contributed by atoms with E-state index < -0.39 is 0 Å². The molecule has 24 heavy (non-hydrogen) atoms. The molecule has 2 rings (SSSR count). The molecule has 2 aromatic heterocycles. The maximum Gasteiger partial charge on any atom is 0.191 e. The molecule has 6 nitrogen and oxygen atoms in total. The standard InChI is InChI=1S/C17H26N4O2S/c1-13-14(2)24-16(21-13)7-9-19-17(20-10-12-22-3)18-8-6-15-5-4-11-23-15/h4-5,11H,6-10,12H2,1-3H3,(H2,18,19,20). The van der Waals surface area contributed by atoms with E-state index in [1.807, 2.05) is 12.1 Å². The number of aromatic nitrogens is 1. The summed E-state index contributed by atoms with van der Waals surface area (Å²) in [5, 5.41) is 7.84. The number of aliphatic imine (C=N–C) groups is 1. The molecule has 7 heteroatoms. The molecule has 2 heterocycles. The Balaban J connectivity index is 1.77. The Morgan fingerprint density at radius 2 is 2.08 bits per heavy atom. The molecule has 0 atom stereocenters. The first kappa shape index (κ1) is 18.5. The van der Waals surface area contributed by atoms with Crippen LogP contribution in [0.25, 0.3) is 0 Å². The molecule has 0 unspecified atom stereocenters. The Hall–Kier alpha value is -1.86. The molecule has 0 radical (unpaired) electrons. The van der Waals surface area contributed by atoms with Gasteiger partial charge in [-0.15, -0.1) is 11.3 Å². The zero-order chi connectivity index (χ0) is 17.2. The van der Waals surface area contributed by atoms with Gasteiger partial charge in [0.05, 0.1) is 30.1 Å². The van der Waals surface area contributed by atoms with E-state index in [2.05, 4.69) is 34.5 Å². The number of aryl methyl sites for hydroxylation is 2. The molecular weight excluding hydrogens is 324 g/mol. The van der Waals surface area contributed by atoms with Crippen LogP contribution in [0, 0.1) is 13.8 Å². The van der Waals surface area contributed by atoms with Gasteiger partial charge in [0.2, 0.25) is 0 Å². The monoisotopic (exact) mass is 350 g/mol. The highest BCUT2D eigenvalue weighted by Crippen LogP contribution is 2.16. The summed E-state index contributed by atoms with van der Waals surface area (Å²) in [5.41, 5.74) is 1.13. The molecule has 0 spiro atoms. The Morgan fingerprint density at radius 3 is 2.71 bits per heavy atom. The highest BCUT2D eigenvalue weighted by molar-refractivity contribution is 7.11. The van der Waals surface area contributed by atoms with Crippen molar-refractivity contribution >= 4 is 17.3 Å². The number of nitrogens with one attached hydrogen (secondary N) is 2. The van der Waals surface area contributed by atoms with Gasteiger partial charge < -0.3 is 19.8 Å².